The first-order chi connectivity index (χ1) is 11.2. The highest BCUT2D eigenvalue weighted by molar-refractivity contribution is 5.96. The monoisotopic (exact) mass is 311 g/mol. The Labute approximate surface area is 133 Å². The second kappa shape index (κ2) is 5.22. The van der Waals surface area contributed by atoms with Crippen LogP contribution in [0.4, 0.5) is 5.82 Å². The van der Waals surface area contributed by atoms with Crippen molar-refractivity contribution in [3.05, 3.63) is 48.6 Å². The summed E-state index contributed by atoms with van der Waals surface area (Å²) in [6.45, 7) is 1.90. The summed E-state index contributed by atoms with van der Waals surface area (Å²) in [5.74, 6) is 0.745. The number of amides is 2. The van der Waals surface area contributed by atoms with E-state index in [9.17, 15) is 9.59 Å². The van der Waals surface area contributed by atoms with Gasteiger partial charge >= 0.3 is 0 Å². The largest absolute Gasteiger partial charge is 0.472 e. The van der Waals surface area contributed by atoms with E-state index in [-0.39, 0.29) is 17.2 Å². The van der Waals surface area contributed by atoms with Crippen LogP contribution < -0.4 is 4.90 Å². The van der Waals surface area contributed by atoms with Gasteiger partial charge < -0.3 is 9.32 Å². The average molecular weight is 311 g/mol. The number of furan rings is 1. The number of rotatable bonds is 2. The van der Waals surface area contributed by atoms with Crippen molar-refractivity contribution in [1.82, 2.24) is 9.88 Å². The lowest BCUT2D eigenvalue weighted by atomic mass is 9.86. The Bertz CT molecular complexity index is 729. The van der Waals surface area contributed by atoms with Gasteiger partial charge in [0, 0.05) is 37.7 Å². The Morgan fingerprint density at radius 3 is 2.91 bits per heavy atom. The lowest BCUT2D eigenvalue weighted by molar-refractivity contribution is -0.117. The number of hydrogen-bond acceptors (Lipinski definition) is 4. The number of aromatic nitrogens is 1. The summed E-state index contributed by atoms with van der Waals surface area (Å²) in [7, 11) is 0. The molecule has 1 spiro atoms. The van der Waals surface area contributed by atoms with Gasteiger partial charge in [-0.2, -0.15) is 0 Å². The SMILES string of the molecule is O=C(c1ccoc1)N1CC[C@@]2(CC(=O)N(c3ccccn3)C2)C1. The third-order valence-electron chi connectivity index (χ3n) is 4.74. The van der Waals surface area contributed by atoms with Gasteiger partial charge in [0.25, 0.3) is 5.91 Å². The van der Waals surface area contributed by atoms with E-state index < -0.39 is 0 Å². The van der Waals surface area contributed by atoms with E-state index in [1.807, 2.05) is 23.1 Å². The van der Waals surface area contributed by atoms with E-state index >= 15 is 0 Å². The maximum atomic E-state index is 12.4. The first-order valence-electron chi connectivity index (χ1n) is 7.70. The zero-order valence-corrected chi connectivity index (χ0v) is 12.6. The summed E-state index contributed by atoms with van der Waals surface area (Å²) in [6, 6.07) is 7.23. The topological polar surface area (TPSA) is 66.7 Å². The van der Waals surface area contributed by atoms with Gasteiger partial charge in [0.2, 0.25) is 5.91 Å². The summed E-state index contributed by atoms with van der Waals surface area (Å²) < 4.78 is 4.99. The molecule has 0 aromatic carbocycles. The van der Waals surface area contributed by atoms with Gasteiger partial charge in [-0.05, 0) is 24.6 Å². The Hall–Kier alpha value is -2.63. The molecule has 0 saturated carbocycles. The van der Waals surface area contributed by atoms with Crippen LogP contribution in [0.25, 0.3) is 0 Å². The van der Waals surface area contributed by atoms with E-state index in [0.717, 1.165) is 6.42 Å². The Kier molecular flexibility index (Phi) is 3.18. The van der Waals surface area contributed by atoms with Crippen LogP contribution in [0.3, 0.4) is 0 Å². The molecular weight excluding hydrogens is 294 g/mol. The second-order valence-corrected chi connectivity index (χ2v) is 6.33. The standard InChI is InChI=1S/C17H17N3O3/c21-15-9-17(12-20(15)14-3-1-2-6-18-14)5-7-19(11-17)16(22)13-4-8-23-10-13/h1-4,6,8,10H,5,7,9,11-12H2/t17-/m1/s1. The van der Waals surface area contributed by atoms with Crippen molar-refractivity contribution in [2.45, 2.75) is 12.8 Å². The maximum absolute atomic E-state index is 12.4. The van der Waals surface area contributed by atoms with Crippen molar-refractivity contribution >= 4 is 17.6 Å². The molecule has 118 valence electrons. The van der Waals surface area contributed by atoms with Crippen molar-refractivity contribution in [2.75, 3.05) is 24.5 Å². The van der Waals surface area contributed by atoms with Crippen molar-refractivity contribution < 1.29 is 14.0 Å². The summed E-state index contributed by atoms with van der Waals surface area (Å²) in [5.41, 5.74) is 0.404. The highest BCUT2D eigenvalue weighted by Crippen LogP contribution is 2.41. The Balaban J connectivity index is 1.51. The van der Waals surface area contributed by atoms with Crippen LogP contribution in [0.15, 0.2) is 47.4 Å². The van der Waals surface area contributed by atoms with Crippen LogP contribution >= 0.6 is 0 Å². The fourth-order valence-corrected chi connectivity index (χ4v) is 3.57. The average Bonchev–Trinajstić information content (AvgIpc) is 3.29. The first-order valence-corrected chi connectivity index (χ1v) is 7.70. The molecule has 4 rings (SSSR count). The molecule has 2 fully saturated rings. The third-order valence-corrected chi connectivity index (χ3v) is 4.74. The number of nitrogens with zero attached hydrogens (tertiary/aromatic N) is 3. The van der Waals surface area contributed by atoms with Crippen molar-refractivity contribution in [2.24, 2.45) is 5.41 Å². The molecule has 2 aromatic heterocycles. The number of hydrogen-bond donors (Lipinski definition) is 0. The van der Waals surface area contributed by atoms with Gasteiger partial charge in [-0.3, -0.25) is 14.5 Å². The zero-order chi connectivity index (χ0) is 15.9. The molecule has 2 amide bonds. The fraction of sp³-hybridized carbons (Fsp3) is 0.353. The summed E-state index contributed by atoms with van der Waals surface area (Å²) in [4.78, 5) is 32.7. The fourth-order valence-electron chi connectivity index (χ4n) is 3.57. The van der Waals surface area contributed by atoms with Crippen LogP contribution in [0.2, 0.25) is 0 Å². The molecule has 6 nitrogen and oxygen atoms in total. The Morgan fingerprint density at radius 2 is 2.17 bits per heavy atom. The molecule has 1 atom stereocenters. The molecule has 2 aliphatic rings. The molecule has 4 heterocycles. The van der Waals surface area contributed by atoms with Crippen molar-refractivity contribution in [3.8, 4) is 0 Å². The minimum atomic E-state index is -0.159. The number of pyridine rings is 1. The van der Waals surface area contributed by atoms with Gasteiger partial charge in [-0.25, -0.2) is 4.98 Å². The van der Waals surface area contributed by atoms with E-state index in [4.69, 9.17) is 4.42 Å². The molecule has 2 aromatic rings. The molecule has 0 radical (unpaired) electrons. The summed E-state index contributed by atoms with van der Waals surface area (Å²) >= 11 is 0. The quantitative estimate of drug-likeness (QED) is 0.850. The number of anilines is 1. The normalized spacial score (nSPS) is 23.9. The molecule has 0 unspecified atom stereocenters. The lowest BCUT2D eigenvalue weighted by Crippen LogP contribution is -2.34. The molecule has 0 bridgehead atoms. The van der Waals surface area contributed by atoms with Crippen LogP contribution in [-0.4, -0.2) is 41.3 Å². The lowest BCUT2D eigenvalue weighted by Gasteiger charge is -2.23. The van der Waals surface area contributed by atoms with E-state index in [1.54, 1.807) is 17.2 Å². The van der Waals surface area contributed by atoms with Gasteiger partial charge in [0.05, 0.1) is 11.8 Å². The molecule has 23 heavy (non-hydrogen) atoms. The minimum Gasteiger partial charge on any atom is -0.472 e. The molecule has 6 heteroatoms. The smallest absolute Gasteiger partial charge is 0.257 e. The van der Waals surface area contributed by atoms with Crippen LogP contribution in [0.1, 0.15) is 23.2 Å². The predicted octanol–water partition coefficient (Wildman–Crippen LogP) is 1.94. The molecule has 2 saturated heterocycles. The highest BCUT2D eigenvalue weighted by Gasteiger charge is 2.49. The predicted molar refractivity (Wildman–Crippen MR) is 82.9 cm³/mol. The maximum Gasteiger partial charge on any atom is 0.257 e. The van der Waals surface area contributed by atoms with Crippen LogP contribution in [-0.2, 0) is 4.79 Å². The molecular formula is C17H17N3O3. The molecule has 0 N–H and O–H groups in total. The first kappa shape index (κ1) is 14.0. The van der Waals surface area contributed by atoms with Gasteiger partial charge in [-0.15, -0.1) is 0 Å². The number of carbonyl (C=O) groups is 2. The van der Waals surface area contributed by atoms with Crippen LogP contribution in [0.5, 0.6) is 0 Å². The molecule has 2 aliphatic heterocycles. The van der Waals surface area contributed by atoms with Gasteiger partial charge in [0.1, 0.15) is 12.1 Å². The van der Waals surface area contributed by atoms with E-state index in [1.165, 1.54) is 12.5 Å². The van der Waals surface area contributed by atoms with Crippen LogP contribution in [0, 0.1) is 5.41 Å². The highest BCUT2D eigenvalue weighted by atomic mass is 16.3. The van der Waals surface area contributed by atoms with Gasteiger partial charge in [-0.1, -0.05) is 6.07 Å². The summed E-state index contributed by atoms with van der Waals surface area (Å²) in [6.07, 6.45) is 5.97. The number of carbonyl (C=O) groups excluding carboxylic acids is 2. The minimum absolute atomic E-state index is 0.0284. The Morgan fingerprint density at radius 1 is 1.26 bits per heavy atom. The summed E-state index contributed by atoms with van der Waals surface area (Å²) in [5, 5.41) is 0. The van der Waals surface area contributed by atoms with E-state index in [0.29, 0.717) is 37.4 Å². The van der Waals surface area contributed by atoms with Crippen molar-refractivity contribution in [1.29, 1.82) is 0 Å². The van der Waals surface area contributed by atoms with E-state index in [2.05, 4.69) is 4.98 Å². The van der Waals surface area contributed by atoms with Gasteiger partial charge in [0.15, 0.2) is 0 Å². The third kappa shape index (κ3) is 2.40. The second-order valence-electron chi connectivity index (χ2n) is 6.33. The zero-order valence-electron chi connectivity index (χ0n) is 12.6. The van der Waals surface area contributed by atoms with Crippen molar-refractivity contribution in [3.63, 3.8) is 0 Å². The number of likely N-dealkylation sites (tertiary alicyclic amines) is 1. The molecule has 0 aliphatic carbocycles.